The Morgan fingerprint density at radius 2 is 2.00 bits per heavy atom. The van der Waals surface area contributed by atoms with Crippen molar-refractivity contribution in [1.29, 1.82) is 0 Å². The van der Waals surface area contributed by atoms with E-state index in [4.69, 9.17) is 0 Å². The summed E-state index contributed by atoms with van der Waals surface area (Å²) in [5.74, 6) is 0. The first-order valence-electron chi connectivity index (χ1n) is 3.58. The van der Waals surface area contributed by atoms with Crippen molar-refractivity contribution < 1.29 is 0 Å². The van der Waals surface area contributed by atoms with E-state index in [1.54, 1.807) is 0 Å². The van der Waals surface area contributed by atoms with Gasteiger partial charge in [-0.2, -0.15) is 0 Å². The van der Waals surface area contributed by atoms with Crippen molar-refractivity contribution in [3.8, 4) is 0 Å². The van der Waals surface area contributed by atoms with E-state index in [-0.39, 0.29) is 0 Å². The highest BCUT2D eigenvalue weighted by Crippen LogP contribution is 1.79. The van der Waals surface area contributed by atoms with Crippen molar-refractivity contribution in [2.24, 2.45) is 0 Å². The Labute approximate surface area is 58.2 Å². The lowest BCUT2D eigenvalue weighted by atomic mass is 10.4. The molecule has 0 saturated heterocycles. The lowest BCUT2D eigenvalue weighted by Gasteiger charge is -2.16. The molecule has 0 aliphatic rings. The van der Waals surface area contributed by atoms with Gasteiger partial charge in [0, 0.05) is 12.7 Å². The monoisotopic (exact) mass is 130 g/mol. The van der Waals surface area contributed by atoms with Gasteiger partial charge in [0.15, 0.2) is 0 Å². The highest BCUT2D eigenvalue weighted by atomic mass is 15.2. The first-order valence-corrected chi connectivity index (χ1v) is 3.58. The largest absolute Gasteiger partial charge is 0.302 e. The van der Waals surface area contributed by atoms with Crippen molar-refractivity contribution in [3.05, 3.63) is 0 Å². The number of hydrogen-bond acceptors (Lipinski definition) is 2. The van der Waals surface area contributed by atoms with Gasteiger partial charge in [-0.3, -0.25) is 4.90 Å². The summed E-state index contributed by atoms with van der Waals surface area (Å²) in [7, 11) is 2.11. The van der Waals surface area contributed by atoms with Crippen molar-refractivity contribution >= 4 is 0 Å². The quantitative estimate of drug-likeness (QED) is 0.569. The molecule has 0 radical (unpaired) electrons. The second kappa shape index (κ2) is 4.77. The molecule has 0 heterocycles. The Morgan fingerprint density at radius 3 is 2.33 bits per heavy atom. The Morgan fingerprint density at radius 1 is 1.44 bits per heavy atom. The fourth-order valence-corrected chi connectivity index (χ4v) is 0.450. The molecule has 0 aliphatic heterocycles. The Hall–Kier alpha value is -0.0800. The molecule has 1 N–H and O–H groups in total. The summed E-state index contributed by atoms with van der Waals surface area (Å²) >= 11 is 0. The van der Waals surface area contributed by atoms with Gasteiger partial charge in [-0.15, -0.1) is 0 Å². The van der Waals surface area contributed by atoms with Crippen LogP contribution in [0.25, 0.3) is 0 Å². The maximum Gasteiger partial charge on any atom is 0.0479 e. The van der Waals surface area contributed by atoms with Crippen LogP contribution in [0.4, 0.5) is 0 Å². The normalized spacial score (nSPS) is 11.3. The minimum Gasteiger partial charge on any atom is -0.302 e. The van der Waals surface area contributed by atoms with E-state index in [1.807, 2.05) is 0 Å². The van der Waals surface area contributed by atoms with Gasteiger partial charge in [0.2, 0.25) is 0 Å². The van der Waals surface area contributed by atoms with Crippen LogP contribution in [0.15, 0.2) is 0 Å². The predicted octanol–water partition coefficient (Wildman–Crippen LogP) is 0.894. The average molecular weight is 130 g/mol. The summed E-state index contributed by atoms with van der Waals surface area (Å²) in [6, 6.07) is 0.596. The maximum atomic E-state index is 3.32. The summed E-state index contributed by atoms with van der Waals surface area (Å²) < 4.78 is 0. The third kappa shape index (κ3) is 5.80. The average Bonchev–Trinajstić information content (AvgIpc) is 1.83. The van der Waals surface area contributed by atoms with Crippen LogP contribution in [0.5, 0.6) is 0 Å². The lowest BCUT2D eigenvalue weighted by Crippen LogP contribution is -2.34. The second-order valence-corrected chi connectivity index (χ2v) is 2.69. The molecule has 2 heteroatoms. The van der Waals surface area contributed by atoms with Gasteiger partial charge in [-0.25, -0.2) is 0 Å². The van der Waals surface area contributed by atoms with Crippen LogP contribution in [-0.2, 0) is 0 Å². The molecule has 0 bridgehead atoms. The first kappa shape index (κ1) is 8.92. The van der Waals surface area contributed by atoms with Gasteiger partial charge < -0.3 is 5.32 Å². The molecule has 0 aromatic heterocycles. The molecule has 0 fully saturated rings. The summed E-state index contributed by atoms with van der Waals surface area (Å²) in [6.45, 7) is 8.57. The van der Waals surface area contributed by atoms with E-state index in [1.165, 1.54) is 0 Å². The van der Waals surface area contributed by atoms with Crippen molar-refractivity contribution in [2.45, 2.75) is 26.8 Å². The lowest BCUT2D eigenvalue weighted by molar-refractivity contribution is 0.309. The summed E-state index contributed by atoms with van der Waals surface area (Å²) in [5.41, 5.74) is 0. The molecule has 0 aromatic rings. The minimum absolute atomic E-state index is 0.596. The Balaban J connectivity index is 3.06. The van der Waals surface area contributed by atoms with Crippen LogP contribution in [0, 0.1) is 0 Å². The van der Waals surface area contributed by atoms with E-state index in [9.17, 15) is 0 Å². The van der Waals surface area contributed by atoms with Crippen LogP contribution < -0.4 is 5.32 Å². The molecule has 0 spiro atoms. The highest BCUT2D eigenvalue weighted by molar-refractivity contribution is 4.51. The molecule has 0 atom stereocenters. The van der Waals surface area contributed by atoms with Gasteiger partial charge in [0.1, 0.15) is 0 Å². The minimum atomic E-state index is 0.596. The Kier molecular flexibility index (Phi) is 4.72. The molecule has 0 amide bonds. The van der Waals surface area contributed by atoms with E-state index in [2.05, 4.69) is 38.0 Å². The molecule has 9 heavy (non-hydrogen) atoms. The highest BCUT2D eigenvalue weighted by Gasteiger charge is 1.93. The molecule has 2 nitrogen and oxygen atoms in total. The van der Waals surface area contributed by atoms with Crippen molar-refractivity contribution in [1.82, 2.24) is 10.2 Å². The standard InChI is InChI=1S/C7H18N2/c1-5-9(4)6-8-7(2)3/h7-8H,5-6H2,1-4H3. The van der Waals surface area contributed by atoms with Crippen LogP contribution >= 0.6 is 0 Å². The number of hydrogen-bond donors (Lipinski definition) is 1. The zero-order chi connectivity index (χ0) is 7.28. The van der Waals surface area contributed by atoms with Crippen molar-refractivity contribution in [2.75, 3.05) is 20.3 Å². The van der Waals surface area contributed by atoms with Crippen LogP contribution in [0.3, 0.4) is 0 Å². The number of nitrogens with zero attached hydrogens (tertiary/aromatic N) is 1. The van der Waals surface area contributed by atoms with Crippen LogP contribution in [0.1, 0.15) is 20.8 Å². The Bertz CT molecular complexity index is 61.9. The number of rotatable bonds is 4. The molecule has 0 saturated carbocycles. The SMILES string of the molecule is CCN(C)CNC(C)C. The third-order valence-electron chi connectivity index (χ3n) is 1.31. The maximum absolute atomic E-state index is 3.32. The van der Waals surface area contributed by atoms with E-state index in [0.717, 1.165) is 13.2 Å². The summed E-state index contributed by atoms with van der Waals surface area (Å²) in [5, 5.41) is 3.32. The van der Waals surface area contributed by atoms with Gasteiger partial charge in [-0.1, -0.05) is 6.92 Å². The molecular weight excluding hydrogens is 112 g/mol. The van der Waals surface area contributed by atoms with Crippen LogP contribution in [0.2, 0.25) is 0 Å². The third-order valence-corrected chi connectivity index (χ3v) is 1.31. The predicted molar refractivity (Wildman–Crippen MR) is 41.4 cm³/mol. The zero-order valence-corrected chi connectivity index (χ0v) is 6.94. The molecule has 0 unspecified atom stereocenters. The van der Waals surface area contributed by atoms with Crippen molar-refractivity contribution in [3.63, 3.8) is 0 Å². The molecule has 56 valence electrons. The fraction of sp³-hybridized carbons (Fsp3) is 1.00. The zero-order valence-electron chi connectivity index (χ0n) is 6.94. The second-order valence-electron chi connectivity index (χ2n) is 2.69. The molecule has 0 aromatic carbocycles. The number of nitrogens with one attached hydrogen (secondary N) is 1. The van der Waals surface area contributed by atoms with Gasteiger partial charge in [0.05, 0.1) is 0 Å². The summed E-state index contributed by atoms with van der Waals surface area (Å²) in [6.07, 6.45) is 0. The van der Waals surface area contributed by atoms with E-state index >= 15 is 0 Å². The van der Waals surface area contributed by atoms with E-state index < -0.39 is 0 Å². The summed E-state index contributed by atoms with van der Waals surface area (Å²) in [4.78, 5) is 2.24. The molecule has 0 rings (SSSR count). The van der Waals surface area contributed by atoms with E-state index in [0.29, 0.717) is 6.04 Å². The fourth-order valence-electron chi connectivity index (χ4n) is 0.450. The first-order chi connectivity index (χ1) is 4.16. The topological polar surface area (TPSA) is 15.3 Å². The smallest absolute Gasteiger partial charge is 0.0479 e. The molecular formula is C7H18N2. The van der Waals surface area contributed by atoms with Gasteiger partial charge in [-0.05, 0) is 27.4 Å². The molecule has 0 aliphatic carbocycles. The van der Waals surface area contributed by atoms with Gasteiger partial charge >= 0.3 is 0 Å². The van der Waals surface area contributed by atoms with Gasteiger partial charge in [0.25, 0.3) is 0 Å². The van der Waals surface area contributed by atoms with Crippen LogP contribution in [-0.4, -0.2) is 31.2 Å².